The van der Waals surface area contributed by atoms with Crippen molar-refractivity contribution in [2.75, 3.05) is 6.54 Å². The number of nitrogens with two attached hydrogens (primary N) is 1. The summed E-state index contributed by atoms with van der Waals surface area (Å²) in [6, 6.07) is 0. The normalized spacial score (nSPS) is 14.5. The number of hydrogen-bond acceptors (Lipinski definition) is 2. The van der Waals surface area contributed by atoms with E-state index in [1.807, 2.05) is 6.92 Å². The summed E-state index contributed by atoms with van der Waals surface area (Å²) in [6.07, 6.45) is 17.1. The zero-order valence-electron chi connectivity index (χ0n) is 13.4. The van der Waals surface area contributed by atoms with E-state index >= 15 is 0 Å². The monoisotopic (exact) mass is 271 g/mol. The van der Waals surface area contributed by atoms with E-state index in [4.69, 9.17) is 5.73 Å². The van der Waals surface area contributed by atoms with Gasteiger partial charge in [-0.25, -0.2) is 0 Å². The van der Waals surface area contributed by atoms with Crippen LogP contribution in [0.3, 0.4) is 0 Å². The quantitative estimate of drug-likeness (QED) is 0.446. The first-order chi connectivity index (χ1) is 9.12. The van der Waals surface area contributed by atoms with E-state index in [-0.39, 0.29) is 0 Å². The molecule has 0 saturated heterocycles. The highest BCUT2D eigenvalue weighted by Crippen LogP contribution is 2.15. The number of hydrogen-bond donors (Lipinski definition) is 2. The Kier molecular flexibility index (Phi) is 12.9. The van der Waals surface area contributed by atoms with Gasteiger partial charge in [-0.2, -0.15) is 0 Å². The molecule has 2 nitrogen and oxygen atoms in total. The van der Waals surface area contributed by atoms with Gasteiger partial charge in [0.1, 0.15) is 0 Å². The summed E-state index contributed by atoms with van der Waals surface area (Å²) in [5.41, 5.74) is 4.86. The predicted molar refractivity (Wildman–Crippen MR) is 85.4 cm³/mol. The van der Waals surface area contributed by atoms with Crippen LogP contribution in [-0.2, 0) is 0 Å². The topological polar surface area (TPSA) is 46.2 Å². The molecule has 0 amide bonds. The van der Waals surface area contributed by atoms with Gasteiger partial charge in [-0.3, -0.25) is 0 Å². The van der Waals surface area contributed by atoms with Gasteiger partial charge in [0.2, 0.25) is 0 Å². The zero-order valence-corrected chi connectivity index (χ0v) is 13.4. The lowest BCUT2D eigenvalue weighted by Crippen LogP contribution is -2.33. The third-order valence-corrected chi connectivity index (χ3v) is 4.01. The smallest absolute Gasteiger partial charge is 0.0741 e. The van der Waals surface area contributed by atoms with E-state index < -0.39 is 5.60 Å². The first-order valence-corrected chi connectivity index (χ1v) is 8.55. The Morgan fingerprint density at radius 3 is 1.47 bits per heavy atom. The third-order valence-electron chi connectivity index (χ3n) is 4.01. The molecule has 0 aromatic rings. The molecule has 19 heavy (non-hydrogen) atoms. The molecule has 0 aliphatic rings. The van der Waals surface area contributed by atoms with Gasteiger partial charge < -0.3 is 10.8 Å². The molecule has 1 atom stereocenters. The van der Waals surface area contributed by atoms with Crippen LogP contribution in [0.15, 0.2) is 0 Å². The molecule has 3 N–H and O–H groups in total. The molecule has 0 heterocycles. The lowest BCUT2D eigenvalue weighted by atomic mass is 9.97. The van der Waals surface area contributed by atoms with Crippen LogP contribution >= 0.6 is 0 Å². The summed E-state index contributed by atoms with van der Waals surface area (Å²) in [5, 5.41) is 9.76. The van der Waals surface area contributed by atoms with Gasteiger partial charge in [0, 0.05) is 6.54 Å². The van der Waals surface area contributed by atoms with E-state index in [1.165, 1.54) is 70.6 Å². The van der Waals surface area contributed by atoms with Crippen molar-refractivity contribution in [2.24, 2.45) is 5.73 Å². The maximum atomic E-state index is 9.76. The number of rotatable bonds is 14. The fraction of sp³-hybridized carbons (Fsp3) is 1.00. The second-order valence-corrected chi connectivity index (χ2v) is 6.34. The second kappa shape index (κ2) is 12.9. The standard InChI is InChI=1S/C17H37NO/c1-3-4-5-6-7-8-9-10-11-12-13-14-15-17(2,19)16-18/h19H,3-16,18H2,1-2H3. The zero-order chi connectivity index (χ0) is 14.4. The van der Waals surface area contributed by atoms with Crippen LogP contribution in [0, 0.1) is 0 Å². The maximum Gasteiger partial charge on any atom is 0.0741 e. The number of aliphatic hydroxyl groups is 1. The van der Waals surface area contributed by atoms with Crippen LogP contribution < -0.4 is 5.73 Å². The molecule has 116 valence electrons. The summed E-state index contributed by atoms with van der Waals surface area (Å²) in [7, 11) is 0. The van der Waals surface area contributed by atoms with Gasteiger partial charge in [0.25, 0.3) is 0 Å². The van der Waals surface area contributed by atoms with Crippen molar-refractivity contribution in [3.8, 4) is 0 Å². The minimum atomic E-state index is -0.640. The van der Waals surface area contributed by atoms with Gasteiger partial charge in [0.15, 0.2) is 0 Å². The molecule has 0 fully saturated rings. The van der Waals surface area contributed by atoms with Crippen molar-refractivity contribution in [3.63, 3.8) is 0 Å². The summed E-state index contributed by atoms with van der Waals surface area (Å²) in [6.45, 7) is 4.49. The molecular weight excluding hydrogens is 234 g/mol. The highest BCUT2D eigenvalue weighted by Gasteiger charge is 2.16. The summed E-state index contributed by atoms with van der Waals surface area (Å²) in [4.78, 5) is 0. The van der Waals surface area contributed by atoms with Crippen LogP contribution in [0.2, 0.25) is 0 Å². The van der Waals surface area contributed by atoms with Crippen LogP contribution in [0.5, 0.6) is 0 Å². The van der Waals surface area contributed by atoms with Crippen LogP contribution in [0.4, 0.5) is 0 Å². The summed E-state index contributed by atoms with van der Waals surface area (Å²) >= 11 is 0. The van der Waals surface area contributed by atoms with E-state index in [0.29, 0.717) is 6.54 Å². The highest BCUT2D eigenvalue weighted by atomic mass is 16.3. The van der Waals surface area contributed by atoms with E-state index in [1.54, 1.807) is 0 Å². The number of unbranched alkanes of at least 4 members (excludes halogenated alkanes) is 11. The minimum absolute atomic E-state index is 0.380. The fourth-order valence-electron chi connectivity index (χ4n) is 2.45. The Morgan fingerprint density at radius 2 is 1.11 bits per heavy atom. The Labute approximate surface area is 121 Å². The Hall–Kier alpha value is -0.0800. The van der Waals surface area contributed by atoms with Crippen molar-refractivity contribution in [3.05, 3.63) is 0 Å². The lowest BCUT2D eigenvalue weighted by molar-refractivity contribution is 0.0571. The van der Waals surface area contributed by atoms with Crippen molar-refractivity contribution in [1.82, 2.24) is 0 Å². The van der Waals surface area contributed by atoms with Gasteiger partial charge in [-0.05, 0) is 13.3 Å². The average molecular weight is 271 g/mol. The third kappa shape index (κ3) is 14.1. The summed E-state index contributed by atoms with van der Waals surface area (Å²) < 4.78 is 0. The molecule has 0 aromatic carbocycles. The van der Waals surface area contributed by atoms with Gasteiger partial charge in [-0.1, -0.05) is 84.0 Å². The summed E-state index contributed by atoms with van der Waals surface area (Å²) in [5.74, 6) is 0. The van der Waals surface area contributed by atoms with E-state index in [0.717, 1.165) is 12.8 Å². The Balaban J connectivity index is 3.07. The van der Waals surface area contributed by atoms with Crippen molar-refractivity contribution in [2.45, 2.75) is 103 Å². The molecular formula is C17H37NO. The minimum Gasteiger partial charge on any atom is -0.389 e. The molecule has 0 spiro atoms. The Morgan fingerprint density at radius 1 is 0.737 bits per heavy atom. The molecule has 0 aromatic heterocycles. The van der Waals surface area contributed by atoms with Crippen molar-refractivity contribution >= 4 is 0 Å². The van der Waals surface area contributed by atoms with Gasteiger partial charge >= 0.3 is 0 Å². The molecule has 2 heteroatoms. The molecule has 0 aliphatic carbocycles. The van der Waals surface area contributed by atoms with Crippen LogP contribution in [-0.4, -0.2) is 17.3 Å². The predicted octanol–water partition coefficient (Wildman–Crippen LogP) is 4.79. The average Bonchev–Trinajstić information content (AvgIpc) is 2.40. The molecule has 0 saturated carbocycles. The first-order valence-electron chi connectivity index (χ1n) is 8.55. The molecule has 0 bridgehead atoms. The van der Waals surface area contributed by atoms with E-state index in [9.17, 15) is 5.11 Å². The van der Waals surface area contributed by atoms with Crippen molar-refractivity contribution in [1.29, 1.82) is 0 Å². The Bertz CT molecular complexity index is 180. The van der Waals surface area contributed by atoms with Crippen LogP contribution in [0.25, 0.3) is 0 Å². The molecule has 0 radical (unpaired) electrons. The highest BCUT2D eigenvalue weighted by molar-refractivity contribution is 4.72. The van der Waals surface area contributed by atoms with Crippen LogP contribution in [0.1, 0.15) is 97.3 Å². The maximum absolute atomic E-state index is 9.76. The van der Waals surface area contributed by atoms with Crippen molar-refractivity contribution < 1.29 is 5.11 Å². The molecule has 0 aliphatic heterocycles. The van der Waals surface area contributed by atoms with Gasteiger partial charge in [-0.15, -0.1) is 0 Å². The fourth-order valence-corrected chi connectivity index (χ4v) is 2.45. The first kappa shape index (κ1) is 18.9. The SMILES string of the molecule is CCCCCCCCCCCCCCC(C)(O)CN. The molecule has 1 unspecified atom stereocenters. The molecule has 0 rings (SSSR count). The van der Waals surface area contributed by atoms with E-state index in [2.05, 4.69) is 6.92 Å². The van der Waals surface area contributed by atoms with Gasteiger partial charge in [0.05, 0.1) is 5.60 Å². The second-order valence-electron chi connectivity index (χ2n) is 6.34. The largest absolute Gasteiger partial charge is 0.389 e. The lowest BCUT2D eigenvalue weighted by Gasteiger charge is -2.20.